The summed E-state index contributed by atoms with van der Waals surface area (Å²) in [5.41, 5.74) is 5.31. The van der Waals surface area contributed by atoms with Gasteiger partial charge in [0, 0.05) is 10.9 Å². The Bertz CT molecular complexity index is 908. The highest BCUT2D eigenvalue weighted by Crippen LogP contribution is 2.33. The van der Waals surface area contributed by atoms with E-state index in [1.807, 2.05) is 5.38 Å². The molecule has 1 aromatic carbocycles. The minimum atomic E-state index is -0.852. The number of carboxylic acids is 1. The third-order valence-corrected chi connectivity index (χ3v) is 4.64. The maximum Gasteiger partial charge on any atom is 0.307 e. The number of aromatic nitrogens is 3. The van der Waals surface area contributed by atoms with Crippen molar-refractivity contribution in [2.45, 2.75) is 25.7 Å². The van der Waals surface area contributed by atoms with Gasteiger partial charge in [0.25, 0.3) is 0 Å². The number of ether oxygens (including phenoxy) is 1. The minimum Gasteiger partial charge on any atom is -0.481 e. The van der Waals surface area contributed by atoms with Crippen molar-refractivity contribution in [1.82, 2.24) is 15.0 Å². The molecule has 0 amide bonds. The van der Waals surface area contributed by atoms with Gasteiger partial charge in [0.05, 0.1) is 17.6 Å². The van der Waals surface area contributed by atoms with Gasteiger partial charge in [0.15, 0.2) is 5.82 Å². The molecule has 6 nitrogen and oxygen atoms in total. The zero-order chi connectivity index (χ0) is 17.2. The van der Waals surface area contributed by atoms with Crippen molar-refractivity contribution in [2.24, 2.45) is 0 Å². The Kier molecular flexibility index (Phi) is 4.15. The van der Waals surface area contributed by atoms with Gasteiger partial charge in [-0.05, 0) is 37.0 Å². The Hall–Kier alpha value is -2.80. The van der Waals surface area contributed by atoms with Crippen LogP contribution in [0.15, 0.2) is 35.2 Å². The van der Waals surface area contributed by atoms with E-state index in [0.29, 0.717) is 17.5 Å². The van der Waals surface area contributed by atoms with Crippen LogP contribution in [-0.4, -0.2) is 26.0 Å². The summed E-state index contributed by atoms with van der Waals surface area (Å²) >= 11 is 1.50. The molecule has 3 aromatic rings. The normalized spacial score (nSPS) is 12.8. The second-order valence-electron chi connectivity index (χ2n) is 5.82. The molecule has 4 rings (SSSR count). The SMILES string of the molecule is O=C(O)Cc1ccc(Oc2nc(-c3cscn3)nc3c2CCC3)cc1. The highest BCUT2D eigenvalue weighted by molar-refractivity contribution is 7.07. The fourth-order valence-electron chi connectivity index (χ4n) is 2.88. The van der Waals surface area contributed by atoms with E-state index >= 15 is 0 Å². The molecule has 2 aromatic heterocycles. The van der Waals surface area contributed by atoms with Crippen LogP contribution in [0.3, 0.4) is 0 Å². The number of rotatable bonds is 5. The van der Waals surface area contributed by atoms with Crippen LogP contribution in [0.25, 0.3) is 11.5 Å². The molecule has 126 valence electrons. The molecule has 0 aliphatic heterocycles. The molecule has 1 N–H and O–H groups in total. The van der Waals surface area contributed by atoms with E-state index in [0.717, 1.165) is 41.8 Å². The van der Waals surface area contributed by atoms with Crippen LogP contribution in [0.4, 0.5) is 0 Å². The van der Waals surface area contributed by atoms with E-state index in [1.165, 1.54) is 11.3 Å². The van der Waals surface area contributed by atoms with Gasteiger partial charge in [-0.1, -0.05) is 12.1 Å². The summed E-state index contributed by atoms with van der Waals surface area (Å²) in [5, 5.41) is 10.8. The first kappa shape index (κ1) is 15.7. The summed E-state index contributed by atoms with van der Waals surface area (Å²) in [6.07, 6.45) is 2.86. The van der Waals surface area contributed by atoms with Gasteiger partial charge in [0.2, 0.25) is 5.88 Å². The lowest BCUT2D eigenvalue weighted by atomic mass is 10.1. The Balaban J connectivity index is 1.64. The topological polar surface area (TPSA) is 85.2 Å². The second kappa shape index (κ2) is 6.60. The zero-order valence-electron chi connectivity index (χ0n) is 13.3. The van der Waals surface area contributed by atoms with Gasteiger partial charge >= 0.3 is 5.97 Å². The lowest BCUT2D eigenvalue weighted by molar-refractivity contribution is -0.136. The smallest absolute Gasteiger partial charge is 0.307 e. The number of aryl methyl sites for hydroxylation is 1. The van der Waals surface area contributed by atoms with Crippen molar-refractivity contribution in [2.75, 3.05) is 0 Å². The molecule has 0 radical (unpaired) electrons. The van der Waals surface area contributed by atoms with Crippen molar-refractivity contribution in [3.05, 3.63) is 52.0 Å². The standard InChI is InChI=1S/C18H15N3O3S/c22-16(23)8-11-4-6-12(7-5-11)24-18-13-2-1-3-14(13)20-17(21-18)15-9-25-10-19-15/h4-7,9-10H,1-3,8H2,(H,22,23). The van der Waals surface area contributed by atoms with Gasteiger partial charge in [-0.25, -0.2) is 9.97 Å². The number of thiazole rings is 1. The van der Waals surface area contributed by atoms with E-state index in [-0.39, 0.29) is 6.42 Å². The largest absolute Gasteiger partial charge is 0.481 e. The number of carboxylic acid groups (broad SMARTS) is 1. The second-order valence-corrected chi connectivity index (χ2v) is 6.54. The molecule has 25 heavy (non-hydrogen) atoms. The number of carbonyl (C=O) groups is 1. The molecule has 1 aliphatic rings. The van der Waals surface area contributed by atoms with Crippen LogP contribution < -0.4 is 4.74 Å². The van der Waals surface area contributed by atoms with E-state index in [2.05, 4.69) is 15.0 Å². The predicted molar refractivity (Wildman–Crippen MR) is 93.0 cm³/mol. The highest BCUT2D eigenvalue weighted by Gasteiger charge is 2.22. The van der Waals surface area contributed by atoms with Crippen molar-refractivity contribution in [3.63, 3.8) is 0 Å². The fourth-order valence-corrected chi connectivity index (χ4v) is 3.41. The molecule has 0 unspecified atom stereocenters. The Labute approximate surface area is 148 Å². The molecule has 2 heterocycles. The van der Waals surface area contributed by atoms with Crippen LogP contribution in [0.1, 0.15) is 23.2 Å². The summed E-state index contributed by atoms with van der Waals surface area (Å²) in [7, 11) is 0. The first-order valence-electron chi connectivity index (χ1n) is 7.96. The Morgan fingerprint density at radius 1 is 1.20 bits per heavy atom. The average Bonchev–Trinajstić information content (AvgIpc) is 3.27. The number of fused-ring (bicyclic) bond motifs is 1. The minimum absolute atomic E-state index is 0.00282. The van der Waals surface area contributed by atoms with Crippen LogP contribution >= 0.6 is 11.3 Å². The van der Waals surface area contributed by atoms with Crippen LogP contribution in [0.2, 0.25) is 0 Å². The highest BCUT2D eigenvalue weighted by atomic mass is 32.1. The number of nitrogens with zero attached hydrogens (tertiary/aromatic N) is 3. The van der Waals surface area contributed by atoms with E-state index in [1.54, 1.807) is 29.8 Å². The third-order valence-electron chi connectivity index (χ3n) is 4.05. The average molecular weight is 353 g/mol. The van der Waals surface area contributed by atoms with Crippen LogP contribution in [0, 0.1) is 0 Å². The zero-order valence-corrected chi connectivity index (χ0v) is 14.1. The number of aliphatic carboxylic acids is 1. The number of benzene rings is 1. The molecular weight excluding hydrogens is 338 g/mol. The maximum atomic E-state index is 10.8. The molecular formula is C18H15N3O3S. The van der Waals surface area contributed by atoms with Gasteiger partial charge < -0.3 is 9.84 Å². The van der Waals surface area contributed by atoms with Gasteiger partial charge in [0.1, 0.15) is 11.4 Å². The number of hydrogen-bond acceptors (Lipinski definition) is 6. The summed E-state index contributed by atoms with van der Waals surface area (Å²) in [4.78, 5) is 24.3. The quantitative estimate of drug-likeness (QED) is 0.755. The molecule has 0 bridgehead atoms. The molecule has 1 aliphatic carbocycles. The monoisotopic (exact) mass is 353 g/mol. The van der Waals surface area contributed by atoms with Crippen LogP contribution in [-0.2, 0) is 24.1 Å². The van der Waals surface area contributed by atoms with Gasteiger partial charge in [-0.15, -0.1) is 11.3 Å². The van der Waals surface area contributed by atoms with Crippen molar-refractivity contribution in [1.29, 1.82) is 0 Å². The van der Waals surface area contributed by atoms with Crippen molar-refractivity contribution < 1.29 is 14.6 Å². The summed E-state index contributed by atoms with van der Waals surface area (Å²) < 4.78 is 6.00. The van der Waals surface area contributed by atoms with E-state index < -0.39 is 5.97 Å². The fraction of sp³-hybridized carbons (Fsp3) is 0.222. The molecule has 0 atom stereocenters. The molecule has 7 heteroatoms. The van der Waals surface area contributed by atoms with Gasteiger partial charge in [-0.2, -0.15) is 4.98 Å². The summed E-state index contributed by atoms with van der Waals surface area (Å²) in [5.74, 6) is 0.928. The summed E-state index contributed by atoms with van der Waals surface area (Å²) in [6.45, 7) is 0. The Morgan fingerprint density at radius 3 is 2.76 bits per heavy atom. The third kappa shape index (κ3) is 3.36. The lowest BCUT2D eigenvalue weighted by Crippen LogP contribution is -2.02. The molecule has 0 spiro atoms. The van der Waals surface area contributed by atoms with Crippen molar-refractivity contribution >= 4 is 17.3 Å². The molecule has 0 saturated heterocycles. The van der Waals surface area contributed by atoms with Crippen LogP contribution in [0.5, 0.6) is 11.6 Å². The van der Waals surface area contributed by atoms with Gasteiger partial charge in [-0.3, -0.25) is 4.79 Å². The van der Waals surface area contributed by atoms with E-state index in [4.69, 9.17) is 9.84 Å². The first-order valence-corrected chi connectivity index (χ1v) is 8.90. The first-order chi connectivity index (χ1) is 12.2. The molecule has 0 saturated carbocycles. The van der Waals surface area contributed by atoms with Crippen molar-refractivity contribution in [3.8, 4) is 23.1 Å². The molecule has 0 fully saturated rings. The Morgan fingerprint density at radius 2 is 2.04 bits per heavy atom. The maximum absolute atomic E-state index is 10.8. The van der Waals surface area contributed by atoms with E-state index in [9.17, 15) is 4.79 Å². The summed E-state index contributed by atoms with van der Waals surface area (Å²) in [6, 6.07) is 7.05. The lowest BCUT2D eigenvalue weighted by Gasteiger charge is -2.11. The number of hydrogen-bond donors (Lipinski definition) is 1. The predicted octanol–water partition coefficient (Wildman–Crippen LogP) is 3.51.